The van der Waals surface area contributed by atoms with E-state index in [2.05, 4.69) is 20.1 Å². The third-order valence-electron chi connectivity index (χ3n) is 6.19. The Kier molecular flexibility index (Phi) is 7.96. The minimum Gasteiger partial charge on any atom is -0.390 e. The fourth-order valence-electron chi connectivity index (χ4n) is 4.39. The van der Waals surface area contributed by atoms with Gasteiger partial charge in [0.1, 0.15) is 17.3 Å². The number of nitrogens with zero attached hydrogens (tertiary/aromatic N) is 4. The summed E-state index contributed by atoms with van der Waals surface area (Å²) in [6.45, 7) is 7.18. The van der Waals surface area contributed by atoms with Gasteiger partial charge in [-0.1, -0.05) is 29.3 Å². The maximum atomic E-state index is 13.3. The molecule has 4 rings (SSSR count). The van der Waals surface area contributed by atoms with Gasteiger partial charge in [-0.3, -0.25) is 9.69 Å². The fourth-order valence-corrected chi connectivity index (χ4v) is 4.81. The molecule has 186 valence electrons. The molecule has 0 bridgehead atoms. The van der Waals surface area contributed by atoms with Crippen molar-refractivity contribution < 1.29 is 14.3 Å². The third-order valence-corrected chi connectivity index (χ3v) is 7.00. The van der Waals surface area contributed by atoms with Crippen molar-refractivity contribution in [1.29, 1.82) is 0 Å². The summed E-state index contributed by atoms with van der Waals surface area (Å²) >= 11 is 12.5. The summed E-state index contributed by atoms with van der Waals surface area (Å²) in [7, 11) is 0. The second-order valence-electron chi connectivity index (χ2n) is 8.63. The number of piperazine rings is 1. The van der Waals surface area contributed by atoms with Crippen molar-refractivity contribution in [2.24, 2.45) is 0 Å². The van der Waals surface area contributed by atoms with Crippen molar-refractivity contribution in [2.45, 2.75) is 20.0 Å². The van der Waals surface area contributed by atoms with E-state index in [0.717, 1.165) is 37.6 Å². The maximum Gasteiger partial charge on any atom is 0.271 e. The number of imidazole rings is 1. The highest BCUT2D eigenvalue weighted by Gasteiger charge is 2.23. The van der Waals surface area contributed by atoms with Crippen LogP contribution in [-0.4, -0.2) is 70.8 Å². The molecule has 1 aliphatic rings. The van der Waals surface area contributed by atoms with Gasteiger partial charge in [-0.2, -0.15) is 0 Å². The minimum absolute atomic E-state index is 0.112. The van der Waals surface area contributed by atoms with Gasteiger partial charge in [-0.25, -0.2) is 9.37 Å². The van der Waals surface area contributed by atoms with Crippen LogP contribution in [0, 0.1) is 19.7 Å². The maximum absolute atomic E-state index is 13.3. The van der Waals surface area contributed by atoms with Crippen molar-refractivity contribution in [1.82, 2.24) is 19.8 Å². The van der Waals surface area contributed by atoms with Crippen LogP contribution in [-0.2, 0) is 0 Å². The lowest BCUT2D eigenvalue weighted by Crippen LogP contribution is -2.50. The number of carbonyl (C=O) groups is 1. The number of amides is 1. The number of carbonyl (C=O) groups excluding carboxylic acids is 1. The Morgan fingerprint density at radius 2 is 1.80 bits per heavy atom. The van der Waals surface area contributed by atoms with Gasteiger partial charge in [-0.15, -0.1) is 0 Å². The van der Waals surface area contributed by atoms with Crippen LogP contribution < -0.4 is 10.2 Å². The number of β-amino-alcohol motifs (C(OH)–C–C–N with tert-alkyl or cyclic N) is 1. The second-order valence-corrected chi connectivity index (χ2v) is 9.41. The molecule has 2 aromatic carbocycles. The lowest BCUT2D eigenvalue weighted by Gasteiger charge is -2.37. The van der Waals surface area contributed by atoms with Crippen molar-refractivity contribution in [3.63, 3.8) is 0 Å². The highest BCUT2D eigenvalue weighted by molar-refractivity contribution is 6.43. The summed E-state index contributed by atoms with van der Waals surface area (Å²) in [4.78, 5) is 21.5. The Labute approximate surface area is 214 Å². The highest BCUT2D eigenvalue weighted by Crippen LogP contribution is 2.32. The molecule has 1 atom stereocenters. The zero-order valence-corrected chi connectivity index (χ0v) is 21.2. The van der Waals surface area contributed by atoms with Crippen molar-refractivity contribution in [2.75, 3.05) is 44.2 Å². The molecule has 1 aromatic heterocycles. The highest BCUT2D eigenvalue weighted by atomic mass is 35.5. The molecule has 10 heteroatoms. The summed E-state index contributed by atoms with van der Waals surface area (Å²) in [5.74, 6) is -0.0609. The molecule has 35 heavy (non-hydrogen) atoms. The van der Waals surface area contributed by atoms with Gasteiger partial charge in [0.25, 0.3) is 5.91 Å². The van der Waals surface area contributed by atoms with Crippen LogP contribution in [0.3, 0.4) is 0 Å². The van der Waals surface area contributed by atoms with E-state index in [1.54, 1.807) is 36.6 Å². The smallest absolute Gasteiger partial charge is 0.271 e. The Bertz CT molecular complexity index is 1190. The predicted molar refractivity (Wildman–Crippen MR) is 136 cm³/mol. The van der Waals surface area contributed by atoms with Crippen LogP contribution in [0.15, 0.2) is 42.5 Å². The molecule has 7 nitrogen and oxygen atoms in total. The number of nitrogens with one attached hydrogen (secondary N) is 1. The minimum atomic E-state index is -0.721. The second kappa shape index (κ2) is 11.0. The molecule has 1 fully saturated rings. The number of aromatic nitrogens is 2. The number of aliphatic hydroxyl groups excluding tert-OH is 1. The topological polar surface area (TPSA) is 73.6 Å². The van der Waals surface area contributed by atoms with Gasteiger partial charge < -0.3 is 19.9 Å². The molecule has 3 aromatic rings. The normalized spacial score (nSPS) is 15.3. The van der Waals surface area contributed by atoms with Crippen LogP contribution in [0.25, 0.3) is 5.69 Å². The molecule has 1 amide bonds. The lowest BCUT2D eigenvalue weighted by molar-refractivity contribution is 0.0847. The first kappa shape index (κ1) is 25.4. The number of aliphatic hydroxyl groups is 1. The van der Waals surface area contributed by atoms with E-state index in [4.69, 9.17) is 23.2 Å². The van der Waals surface area contributed by atoms with Gasteiger partial charge in [0, 0.05) is 45.0 Å². The van der Waals surface area contributed by atoms with Gasteiger partial charge in [0.05, 0.1) is 27.5 Å². The molecule has 1 unspecified atom stereocenters. The molecule has 0 radical (unpaired) electrons. The Balaban J connectivity index is 1.29. The molecule has 0 saturated carbocycles. The van der Waals surface area contributed by atoms with Gasteiger partial charge in [0.2, 0.25) is 0 Å². The Morgan fingerprint density at radius 1 is 1.11 bits per heavy atom. The zero-order valence-electron chi connectivity index (χ0n) is 19.6. The first-order valence-corrected chi connectivity index (χ1v) is 12.2. The van der Waals surface area contributed by atoms with Crippen LogP contribution in [0.5, 0.6) is 0 Å². The molecule has 1 aliphatic heterocycles. The van der Waals surface area contributed by atoms with Crippen molar-refractivity contribution in [3.8, 4) is 5.69 Å². The quantitative estimate of drug-likeness (QED) is 0.496. The Morgan fingerprint density at radius 3 is 2.49 bits per heavy atom. The molecular formula is C25H28Cl2FN5O2. The first-order valence-electron chi connectivity index (χ1n) is 11.4. The van der Waals surface area contributed by atoms with Crippen molar-refractivity contribution >= 4 is 34.8 Å². The summed E-state index contributed by atoms with van der Waals surface area (Å²) in [5.41, 5.74) is 2.58. The average Bonchev–Trinajstić information content (AvgIpc) is 3.14. The van der Waals surface area contributed by atoms with E-state index in [1.807, 2.05) is 12.1 Å². The van der Waals surface area contributed by atoms with E-state index in [0.29, 0.717) is 28.1 Å². The number of hydrogen-bond acceptors (Lipinski definition) is 5. The van der Waals surface area contributed by atoms with Gasteiger partial charge in [0.15, 0.2) is 0 Å². The molecule has 0 aliphatic carbocycles. The van der Waals surface area contributed by atoms with E-state index < -0.39 is 6.10 Å². The zero-order chi connectivity index (χ0) is 25.1. The predicted octanol–water partition coefficient (Wildman–Crippen LogP) is 3.85. The standard InChI is InChI=1S/C25H28Cl2FN5O2/c1-16-24(30-17(2)33(16)19-8-6-18(28)7-9-19)25(35)29-14-20(34)15-31-10-12-32(13-11-31)22-5-3-4-21(26)23(22)27/h3-9,20,34H,10-15H2,1-2H3,(H,29,35). The average molecular weight is 520 g/mol. The van der Waals surface area contributed by atoms with Gasteiger partial charge >= 0.3 is 0 Å². The van der Waals surface area contributed by atoms with E-state index in [1.165, 1.54) is 12.1 Å². The Hall–Kier alpha value is -2.65. The van der Waals surface area contributed by atoms with E-state index in [9.17, 15) is 14.3 Å². The SMILES string of the molecule is Cc1nc(C(=O)NCC(O)CN2CCN(c3cccc(Cl)c3Cl)CC2)c(C)n1-c1ccc(F)cc1. The molecule has 0 spiro atoms. The van der Waals surface area contributed by atoms with Crippen LogP contribution in [0.1, 0.15) is 22.0 Å². The van der Waals surface area contributed by atoms with Crippen LogP contribution >= 0.6 is 23.2 Å². The van der Waals surface area contributed by atoms with Crippen LogP contribution in [0.4, 0.5) is 10.1 Å². The number of rotatable bonds is 7. The van der Waals surface area contributed by atoms with Crippen molar-refractivity contribution in [3.05, 3.63) is 75.5 Å². The van der Waals surface area contributed by atoms with Crippen LogP contribution in [0.2, 0.25) is 10.0 Å². The molecular weight excluding hydrogens is 492 g/mol. The lowest BCUT2D eigenvalue weighted by atomic mass is 10.2. The first-order chi connectivity index (χ1) is 16.7. The summed E-state index contributed by atoms with van der Waals surface area (Å²) in [6.07, 6.45) is -0.721. The van der Waals surface area contributed by atoms with E-state index >= 15 is 0 Å². The number of hydrogen-bond donors (Lipinski definition) is 2. The molecule has 2 heterocycles. The van der Waals surface area contributed by atoms with Gasteiger partial charge in [-0.05, 0) is 50.2 Å². The molecule has 1 saturated heterocycles. The number of aryl methyl sites for hydroxylation is 1. The monoisotopic (exact) mass is 519 g/mol. The fraction of sp³-hybridized carbons (Fsp3) is 0.360. The molecule has 2 N–H and O–H groups in total. The number of anilines is 1. The van der Waals surface area contributed by atoms with E-state index in [-0.39, 0.29) is 24.0 Å². The number of benzene rings is 2. The third kappa shape index (κ3) is 5.78. The largest absolute Gasteiger partial charge is 0.390 e. The summed E-state index contributed by atoms with van der Waals surface area (Å²) in [6, 6.07) is 11.6. The number of halogens is 3. The summed E-state index contributed by atoms with van der Waals surface area (Å²) < 4.78 is 15.1. The summed E-state index contributed by atoms with van der Waals surface area (Å²) in [5, 5.41) is 14.4.